The van der Waals surface area contributed by atoms with Crippen LogP contribution in [-0.2, 0) is 56.9 Å². The molecule has 0 aromatic carbocycles. The molecule has 0 unspecified atom stereocenters. The molecule has 0 aromatic rings. The van der Waals surface area contributed by atoms with Crippen LogP contribution in [0.1, 0.15) is 51.9 Å². The van der Waals surface area contributed by atoms with Crippen LogP contribution in [-0.4, -0.2) is 156 Å². The number of rotatable bonds is 40. The topological polar surface area (TPSA) is 139 Å². The van der Waals surface area contributed by atoms with Gasteiger partial charge in [-0.25, -0.2) is 0 Å². The van der Waals surface area contributed by atoms with Crippen molar-refractivity contribution in [1.82, 2.24) is 0 Å². The minimum Gasteiger partial charge on any atom is -0.481 e. The first-order chi connectivity index (χ1) is 21.8. The molecule has 0 atom stereocenters. The summed E-state index contributed by atoms with van der Waals surface area (Å²) in [5.74, 6) is -0.871. The van der Waals surface area contributed by atoms with Gasteiger partial charge in [-0.05, 0) is 6.42 Å². The Morgan fingerprint density at radius 3 is 0.841 bits per heavy atom. The van der Waals surface area contributed by atoms with Crippen LogP contribution in [0.5, 0.6) is 0 Å². The van der Waals surface area contributed by atoms with Crippen LogP contribution < -0.4 is 0 Å². The van der Waals surface area contributed by atoms with Gasteiger partial charge >= 0.3 is 5.97 Å². The van der Waals surface area contributed by atoms with Crippen LogP contribution in [0.15, 0.2) is 0 Å². The van der Waals surface area contributed by atoms with E-state index in [1.165, 1.54) is 32.1 Å². The number of hydrogen-bond acceptors (Lipinski definition) is 12. The fourth-order valence-electron chi connectivity index (χ4n) is 3.45. The normalized spacial score (nSPS) is 11.5. The minimum absolute atomic E-state index is 0.000695. The molecule has 0 saturated heterocycles. The van der Waals surface area contributed by atoms with Gasteiger partial charge in [0.15, 0.2) is 0 Å². The van der Waals surface area contributed by atoms with Gasteiger partial charge in [0.25, 0.3) is 0 Å². The zero-order chi connectivity index (χ0) is 31.9. The number of hydrogen-bond donors (Lipinski definition) is 1. The number of ether oxygens (including phenoxy) is 11. The molecule has 0 spiro atoms. The summed E-state index contributed by atoms with van der Waals surface area (Å²) in [6.07, 6.45) is 7.66. The van der Waals surface area contributed by atoms with Crippen LogP contribution in [0.3, 0.4) is 0 Å². The Morgan fingerprint density at radius 1 is 0.341 bits per heavy atom. The third kappa shape index (κ3) is 41.0. The molecule has 0 aliphatic carbocycles. The number of carboxylic acids is 1. The highest BCUT2D eigenvalue weighted by molar-refractivity contribution is 5.66. The predicted molar refractivity (Wildman–Crippen MR) is 165 cm³/mol. The van der Waals surface area contributed by atoms with Crippen LogP contribution in [0, 0.1) is 0 Å². The highest BCUT2D eigenvalue weighted by atomic mass is 16.6. The summed E-state index contributed by atoms with van der Waals surface area (Å²) in [4.78, 5) is 10.3. The molecule has 0 aromatic heterocycles. The maximum atomic E-state index is 10.3. The Morgan fingerprint density at radius 2 is 0.568 bits per heavy atom. The molecule has 44 heavy (non-hydrogen) atoms. The first kappa shape index (κ1) is 43.0. The number of carbonyl (C=O) groups is 1. The van der Waals surface area contributed by atoms with Crippen molar-refractivity contribution in [1.29, 1.82) is 0 Å². The van der Waals surface area contributed by atoms with Crippen molar-refractivity contribution in [3.63, 3.8) is 0 Å². The highest BCUT2D eigenvalue weighted by Crippen LogP contribution is 2.04. The fourth-order valence-corrected chi connectivity index (χ4v) is 3.45. The lowest BCUT2D eigenvalue weighted by molar-refractivity contribution is -0.138. The zero-order valence-electron chi connectivity index (χ0n) is 27.4. The lowest BCUT2D eigenvalue weighted by Crippen LogP contribution is -2.15. The van der Waals surface area contributed by atoms with E-state index < -0.39 is 5.97 Å². The van der Waals surface area contributed by atoms with Crippen molar-refractivity contribution >= 4 is 5.97 Å². The van der Waals surface area contributed by atoms with E-state index in [0.29, 0.717) is 132 Å². The van der Waals surface area contributed by atoms with Crippen LogP contribution in [0.2, 0.25) is 0 Å². The molecule has 1 N–H and O–H groups in total. The van der Waals surface area contributed by atoms with E-state index in [-0.39, 0.29) is 13.0 Å². The second kappa shape index (κ2) is 40.1. The lowest BCUT2D eigenvalue weighted by atomic mass is 10.1. The molecular formula is C31H62O13. The lowest BCUT2D eigenvalue weighted by Gasteiger charge is -2.09. The van der Waals surface area contributed by atoms with Gasteiger partial charge in [0, 0.05) is 6.61 Å². The van der Waals surface area contributed by atoms with E-state index in [1.54, 1.807) is 0 Å². The summed E-state index contributed by atoms with van der Waals surface area (Å²) >= 11 is 0. The van der Waals surface area contributed by atoms with E-state index in [4.69, 9.17) is 57.2 Å². The van der Waals surface area contributed by atoms with E-state index in [2.05, 4.69) is 6.92 Å². The Balaban J connectivity index is 3.04. The minimum atomic E-state index is -0.871. The summed E-state index contributed by atoms with van der Waals surface area (Å²) in [7, 11) is 0. The second-order valence-corrected chi connectivity index (χ2v) is 9.65. The highest BCUT2D eigenvalue weighted by Gasteiger charge is 1.98. The molecular weight excluding hydrogens is 580 g/mol. The van der Waals surface area contributed by atoms with Gasteiger partial charge in [-0.15, -0.1) is 0 Å². The summed E-state index contributed by atoms with van der Waals surface area (Å²) < 4.78 is 59.7. The third-order valence-corrected chi connectivity index (χ3v) is 5.82. The van der Waals surface area contributed by atoms with Gasteiger partial charge in [0.1, 0.15) is 0 Å². The Kier molecular flexibility index (Phi) is 39.2. The number of unbranched alkanes of at least 4 members (excludes halogenated alkanes) is 5. The summed E-state index contributed by atoms with van der Waals surface area (Å²) in [5.41, 5.74) is 0. The van der Waals surface area contributed by atoms with Crippen LogP contribution in [0.4, 0.5) is 0 Å². The second-order valence-electron chi connectivity index (χ2n) is 9.65. The van der Waals surface area contributed by atoms with E-state index >= 15 is 0 Å². The number of aliphatic carboxylic acids is 1. The predicted octanol–water partition coefficient (Wildman–Crippen LogP) is 3.00. The summed E-state index contributed by atoms with van der Waals surface area (Å²) in [5, 5.41) is 8.48. The molecule has 0 fully saturated rings. The average molecular weight is 643 g/mol. The molecule has 13 nitrogen and oxygen atoms in total. The molecule has 0 heterocycles. The first-order valence-corrected chi connectivity index (χ1v) is 16.3. The first-order valence-electron chi connectivity index (χ1n) is 16.3. The molecule has 0 saturated carbocycles. The van der Waals surface area contributed by atoms with Crippen molar-refractivity contribution < 1.29 is 62.0 Å². The maximum Gasteiger partial charge on any atom is 0.305 e. The zero-order valence-corrected chi connectivity index (χ0v) is 27.4. The largest absolute Gasteiger partial charge is 0.481 e. The molecule has 0 rings (SSSR count). The molecule has 0 aliphatic heterocycles. The Hall–Kier alpha value is -0.970. The Labute approximate surface area is 265 Å². The third-order valence-electron chi connectivity index (χ3n) is 5.82. The van der Waals surface area contributed by atoms with Crippen molar-refractivity contribution in [3.05, 3.63) is 0 Å². The molecule has 0 amide bonds. The SMILES string of the molecule is CCCCCCCCOCCOCCOCCOCCOCCOCCOCCOCCOCCOCCOCCC(=O)O. The summed E-state index contributed by atoms with van der Waals surface area (Å²) in [6, 6.07) is 0. The monoisotopic (exact) mass is 642 g/mol. The van der Waals surface area contributed by atoms with E-state index in [1.807, 2.05) is 0 Å². The van der Waals surface area contributed by atoms with Gasteiger partial charge in [-0.1, -0.05) is 39.0 Å². The molecule has 264 valence electrons. The van der Waals surface area contributed by atoms with Gasteiger partial charge < -0.3 is 57.2 Å². The standard InChI is InChI=1S/C31H62O13/c1-2-3-4-5-6-7-9-34-11-13-36-15-17-38-19-21-40-23-25-42-27-29-44-30-28-43-26-24-41-22-20-39-18-16-37-14-12-35-10-8-31(32)33/h2-30H2,1H3,(H,32,33). The van der Waals surface area contributed by atoms with Gasteiger partial charge in [-0.2, -0.15) is 0 Å². The van der Waals surface area contributed by atoms with Gasteiger partial charge in [0.05, 0.1) is 145 Å². The average Bonchev–Trinajstić information content (AvgIpc) is 3.02. The Bertz CT molecular complexity index is 543. The molecule has 0 aliphatic rings. The van der Waals surface area contributed by atoms with Crippen molar-refractivity contribution in [2.24, 2.45) is 0 Å². The fraction of sp³-hybridized carbons (Fsp3) is 0.968. The van der Waals surface area contributed by atoms with Crippen molar-refractivity contribution in [2.75, 3.05) is 145 Å². The van der Waals surface area contributed by atoms with Crippen molar-refractivity contribution in [3.8, 4) is 0 Å². The van der Waals surface area contributed by atoms with Crippen LogP contribution >= 0.6 is 0 Å². The number of carboxylic acid groups (broad SMARTS) is 1. The van der Waals surface area contributed by atoms with E-state index in [9.17, 15) is 4.79 Å². The van der Waals surface area contributed by atoms with Crippen LogP contribution in [0.25, 0.3) is 0 Å². The maximum absolute atomic E-state index is 10.3. The molecule has 13 heteroatoms. The molecule has 0 bridgehead atoms. The molecule has 0 radical (unpaired) electrons. The quantitative estimate of drug-likeness (QED) is 0.0981. The van der Waals surface area contributed by atoms with Gasteiger partial charge in [0.2, 0.25) is 0 Å². The summed E-state index contributed by atoms with van der Waals surface area (Å²) in [6.45, 7) is 13.4. The van der Waals surface area contributed by atoms with Crippen molar-refractivity contribution in [2.45, 2.75) is 51.9 Å². The smallest absolute Gasteiger partial charge is 0.305 e. The van der Waals surface area contributed by atoms with Gasteiger partial charge in [-0.3, -0.25) is 4.79 Å². The van der Waals surface area contributed by atoms with E-state index in [0.717, 1.165) is 13.0 Å².